The first-order chi connectivity index (χ1) is 8.78. The van der Waals surface area contributed by atoms with Crippen LogP contribution in [0.15, 0.2) is 18.2 Å². The van der Waals surface area contributed by atoms with Crippen LogP contribution in [0.1, 0.15) is 20.8 Å². The number of fused-ring (bicyclic) bond motifs is 1. The Balaban J connectivity index is 2.32. The highest BCUT2D eigenvalue weighted by atomic mass is 127. The fraction of sp³-hybridized carbons (Fsp3) is 0.385. The van der Waals surface area contributed by atoms with Gasteiger partial charge in [-0.25, -0.2) is 0 Å². The topological polar surface area (TPSA) is 44.1 Å². The van der Waals surface area contributed by atoms with Crippen molar-refractivity contribution in [2.24, 2.45) is 0 Å². The van der Waals surface area contributed by atoms with Gasteiger partial charge in [0, 0.05) is 0 Å². The van der Waals surface area contributed by atoms with E-state index in [2.05, 4.69) is 27.7 Å². The van der Waals surface area contributed by atoms with Crippen molar-refractivity contribution in [2.75, 3.05) is 0 Å². The fourth-order valence-electron chi connectivity index (χ4n) is 1.76. The van der Waals surface area contributed by atoms with Crippen LogP contribution in [0.2, 0.25) is 5.02 Å². The maximum atomic E-state index is 11.8. The first-order valence-electron chi connectivity index (χ1n) is 5.80. The second kappa shape index (κ2) is 5.28. The molecule has 0 fully saturated rings. The Morgan fingerprint density at radius 3 is 2.79 bits per heavy atom. The fourth-order valence-corrected chi connectivity index (χ4v) is 3.00. The summed E-state index contributed by atoms with van der Waals surface area (Å²) in [5.41, 5.74) is 0.341. The maximum absolute atomic E-state index is 11.8. The molecule has 0 saturated carbocycles. The summed E-state index contributed by atoms with van der Waals surface area (Å²) >= 11 is 8.26. The lowest BCUT2D eigenvalue weighted by Crippen LogP contribution is -2.26. The predicted octanol–water partition coefficient (Wildman–Crippen LogP) is 3.64. The molecular formula is C13H14ClIN2O2. The molecule has 0 atom stereocenters. The summed E-state index contributed by atoms with van der Waals surface area (Å²) in [6.45, 7) is 5.60. The van der Waals surface area contributed by atoms with Crippen molar-refractivity contribution in [3.05, 3.63) is 26.9 Å². The zero-order valence-electron chi connectivity index (χ0n) is 10.9. The van der Waals surface area contributed by atoms with Crippen LogP contribution in [0.5, 0.6) is 0 Å². The lowest BCUT2D eigenvalue weighted by atomic mass is 10.2. The molecule has 0 spiro atoms. The summed E-state index contributed by atoms with van der Waals surface area (Å²) in [5.74, 6) is -0.312. The lowest BCUT2D eigenvalue weighted by molar-refractivity contribution is -0.155. The molecule has 1 aromatic carbocycles. The standard InChI is InChI=1S/C13H14ClIN2O2/c1-13(2,3)19-10(18)7-17-9-6-4-5-8(14)11(9)12(15)16-17/h4-6H,7H2,1-3H3. The van der Waals surface area contributed by atoms with Gasteiger partial charge in [0.15, 0.2) is 0 Å². The highest BCUT2D eigenvalue weighted by Gasteiger charge is 2.19. The predicted molar refractivity (Wildman–Crippen MR) is 83.3 cm³/mol. The summed E-state index contributed by atoms with van der Waals surface area (Å²) in [5, 5.41) is 5.84. The van der Waals surface area contributed by atoms with E-state index in [-0.39, 0.29) is 12.5 Å². The van der Waals surface area contributed by atoms with Crippen LogP contribution in [-0.2, 0) is 16.1 Å². The summed E-state index contributed by atoms with van der Waals surface area (Å²) in [6, 6.07) is 5.54. The summed E-state index contributed by atoms with van der Waals surface area (Å²) in [7, 11) is 0. The largest absolute Gasteiger partial charge is 0.459 e. The molecule has 2 aromatic rings. The number of benzene rings is 1. The first kappa shape index (κ1) is 14.6. The number of carbonyl (C=O) groups excluding carboxylic acids is 1. The van der Waals surface area contributed by atoms with Gasteiger partial charge in [0.1, 0.15) is 15.8 Å². The van der Waals surface area contributed by atoms with Crippen LogP contribution in [0.3, 0.4) is 0 Å². The quantitative estimate of drug-likeness (QED) is 0.579. The Labute approximate surface area is 130 Å². The van der Waals surface area contributed by atoms with Crippen LogP contribution in [0.25, 0.3) is 10.9 Å². The Hall–Kier alpha value is -0.820. The second-order valence-electron chi connectivity index (χ2n) is 5.17. The molecule has 0 radical (unpaired) electrons. The van der Waals surface area contributed by atoms with E-state index in [4.69, 9.17) is 16.3 Å². The third kappa shape index (κ3) is 3.39. The normalized spacial score (nSPS) is 11.8. The number of hydrogen-bond donors (Lipinski definition) is 0. The van der Waals surface area contributed by atoms with Crippen LogP contribution >= 0.6 is 34.2 Å². The minimum absolute atomic E-state index is 0.0805. The van der Waals surface area contributed by atoms with Gasteiger partial charge in [-0.2, -0.15) is 5.10 Å². The van der Waals surface area contributed by atoms with Crippen molar-refractivity contribution in [2.45, 2.75) is 32.9 Å². The molecule has 19 heavy (non-hydrogen) atoms. The molecular weight excluding hydrogens is 379 g/mol. The molecule has 0 N–H and O–H groups in total. The number of hydrogen-bond acceptors (Lipinski definition) is 3. The van der Waals surface area contributed by atoms with Crippen molar-refractivity contribution in [1.29, 1.82) is 0 Å². The third-order valence-electron chi connectivity index (χ3n) is 2.38. The molecule has 6 heteroatoms. The first-order valence-corrected chi connectivity index (χ1v) is 7.26. The van der Waals surface area contributed by atoms with Gasteiger partial charge in [-0.05, 0) is 55.5 Å². The molecule has 0 saturated heterocycles. The monoisotopic (exact) mass is 392 g/mol. The van der Waals surface area contributed by atoms with E-state index >= 15 is 0 Å². The molecule has 4 nitrogen and oxygen atoms in total. The number of rotatable bonds is 2. The van der Waals surface area contributed by atoms with Gasteiger partial charge in [0.25, 0.3) is 0 Å². The number of nitrogens with zero attached hydrogens (tertiary/aromatic N) is 2. The molecule has 0 aliphatic carbocycles. The number of carbonyl (C=O) groups is 1. The van der Waals surface area contributed by atoms with Crippen molar-refractivity contribution in [3.63, 3.8) is 0 Å². The molecule has 0 amide bonds. The molecule has 102 valence electrons. The average molecular weight is 393 g/mol. The van der Waals surface area contributed by atoms with Gasteiger partial charge >= 0.3 is 5.97 Å². The van der Waals surface area contributed by atoms with Crippen molar-refractivity contribution < 1.29 is 9.53 Å². The van der Waals surface area contributed by atoms with E-state index in [9.17, 15) is 4.79 Å². The smallest absolute Gasteiger partial charge is 0.328 e. The maximum Gasteiger partial charge on any atom is 0.328 e. The van der Waals surface area contributed by atoms with Gasteiger partial charge in [0.05, 0.1) is 15.9 Å². The van der Waals surface area contributed by atoms with E-state index in [0.717, 1.165) is 14.6 Å². The van der Waals surface area contributed by atoms with Crippen molar-refractivity contribution >= 4 is 51.1 Å². The summed E-state index contributed by atoms with van der Waals surface area (Å²) in [6.07, 6.45) is 0. The van der Waals surface area contributed by atoms with Crippen LogP contribution in [-0.4, -0.2) is 21.4 Å². The average Bonchev–Trinajstić information content (AvgIpc) is 2.54. The van der Waals surface area contributed by atoms with Gasteiger partial charge in [-0.3, -0.25) is 9.48 Å². The third-order valence-corrected chi connectivity index (χ3v) is 3.45. The highest BCUT2D eigenvalue weighted by Crippen LogP contribution is 2.27. The minimum Gasteiger partial charge on any atom is -0.459 e. The Kier molecular flexibility index (Phi) is 4.06. The number of aromatic nitrogens is 2. The highest BCUT2D eigenvalue weighted by molar-refractivity contribution is 14.1. The summed E-state index contributed by atoms with van der Waals surface area (Å²) < 4.78 is 7.70. The van der Waals surface area contributed by atoms with Gasteiger partial charge < -0.3 is 4.74 Å². The lowest BCUT2D eigenvalue weighted by Gasteiger charge is -2.19. The number of halogens is 2. The molecule has 2 rings (SSSR count). The molecule has 1 heterocycles. The Bertz CT molecular complexity index is 631. The van der Waals surface area contributed by atoms with Crippen molar-refractivity contribution in [1.82, 2.24) is 9.78 Å². The van der Waals surface area contributed by atoms with E-state index < -0.39 is 5.60 Å². The molecule has 0 bridgehead atoms. The van der Waals surface area contributed by atoms with Gasteiger partial charge in [-0.15, -0.1) is 0 Å². The van der Waals surface area contributed by atoms with E-state index in [1.165, 1.54) is 0 Å². The molecule has 0 unspecified atom stereocenters. The summed E-state index contributed by atoms with van der Waals surface area (Å²) in [4.78, 5) is 11.8. The Morgan fingerprint density at radius 2 is 2.16 bits per heavy atom. The zero-order valence-corrected chi connectivity index (χ0v) is 13.8. The molecule has 0 aliphatic rings. The molecule has 1 aromatic heterocycles. The van der Waals surface area contributed by atoms with Gasteiger partial charge in [-0.1, -0.05) is 17.7 Å². The van der Waals surface area contributed by atoms with Gasteiger partial charge in [0.2, 0.25) is 0 Å². The van der Waals surface area contributed by atoms with E-state index in [1.54, 1.807) is 4.68 Å². The Morgan fingerprint density at radius 1 is 1.47 bits per heavy atom. The van der Waals surface area contributed by atoms with Crippen LogP contribution < -0.4 is 0 Å². The van der Waals surface area contributed by atoms with E-state index in [1.807, 2.05) is 39.0 Å². The number of ether oxygens (including phenoxy) is 1. The minimum atomic E-state index is -0.495. The SMILES string of the molecule is CC(C)(C)OC(=O)Cn1nc(I)c2c(Cl)cccc21. The number of esters is 1. The van der Waals surface area contributed by atoms with E-state index in [0.29, 0.717) is 5.02 Å². The van der Waals surface area contributed by atoms with Crippen LogP contribution in [0, 0.1) is 3.70 Å². The van der Waals surface area contributed by atoms with Crippen molar-refractivity contribution in [3.8, 4) is 0 Å². The zero-order chi connectivity index (χ0) is 14.2. The second-order valence-corrected chi connectivity index (χ2v) is 6.60. The van der Waals surface area contributed by atoms with Crippen LogP contribution in [0.4, 0.5) is 0 Å². The molecule has 0 aliphatic heterocycles.